The second kappa shape index (κ2) is 6.49. The first-order chi connectivity index (χ1) is 7.79. The van der Waals surface area contributed by atoms with E-state index in [0.717, 1.165) is 19.6 Å². The van der Waals surface area contributed by atoms with Crippen molar-refractivity contribution in [2.45, 2.75) is 34.1 Å². The predicted octanol–water partition coefficient (Wildman–Crippen LogP) is 4.13. The first-order valence-corrected chi connectivity index (χ1v) is 6.12. The molecule has 16 heavy (non-hydrogen) atoms. The van der Waals surface area contributed by atoms with Gasteiger partial charge in [-0.05, 0) is 42.5 Å². The van der Waals surface area contributed by atoms with Crippen molar-refractivity contribution >= 4 is 5.57 Å². The van der Waals surface area contributed by atoms with Crippen LogP contribution in [0, 0.1) is 13.8 Å². The maximum atomic E-state index is 5.31. The van der Waals surface area contributed by atoms with Gasteiger partial charge in [-0.2, -0.15) is 0 Å². The van der Waals surface area contributed by atoms with Crippen LogP contribution in [-0.4, -0.2) is 13.2 Å². The molecule has 1 aliphatic rings. The number of benzene rings is 1. The molecule has 0 saturated heterocycles. The fourth-order valence-corrected chi connectivity index (χ4v) is 1.87. The van der Waals surface area contributed by atoms with Gasteiger partial charge >= 0.3 is 0 Å². The number of ether oxygens (including phenoxy) is 1. The zero-order valence-electron chi connectivity index (χ0n) is 10.8. The monoisotopic (exact) mass is 218 g/mol. The molecule has 0 amide bonds. The molecular weight excluding hydrogens is 196 g/mol. The summed E-state index contributed by atoms with van der Waals surface area (Å²) in [5.41, 5.74) is 5.61. The predicted molar refractivity (Wildman–Crippen MR) is 70.7 cm³/mol. The fraction of sp³-hybridized carbons (Fsp3) is 0.467. The lowest BCUT2D eigenvalue weighted by Gasteiger charge is -2.16. The van der Waals surface area contributed by atoms with Crippen LogP contribution in [0.2, 0.25) is 0 Å². The molecule has 2 rings (SSSR count). The van der Waals surface area contributed by atoms with Crippen LogP contribution >= 0.6 is 0 Å². The molecule has 1 aromatic rings. The van der Waals surface area contributed by atoms with Gasteiger partial charge in [0.2, 0.25) is 0 Å². The standard InChI is InChI=1S/C13H16O.C2H6/c1-10-4-3-5-13(11(10)2)12-6-8-14-9-7-12;1-2/h3-6H,7-9H2,1-2H3;1-2H3. The molecule has 0 saturated carbocycles. The molecule has 88 valence electrons. The fourth-order valence-electron chi connectivity index (χ4n) is 1.87. The highest BCUT2D eigenvalue weighted by Crippen LogP contribution is 2.25. The Bertz CT molecular complexity index is 364. The van der Waals surface area contributed by atoms with Gasteiger partial charge < -0.3 is 4.74 Å². The van der Waals surface area contributed by atoms with E-state index in [9.17, 15) is 0 Å². The third kappa shape index (κ3) is 2.96. The van der Waals surface area contributed by atoms with Crippen LogP contribution in [-0.2, 0) is 4.74 Å². The molecule has 1 heterocycles. The molecule has 0 aliphatic carbocycles. The van der Waals surface area contributed by atoms with E-state index in [1.54, 1.807) is 0 Å². The maximum Gasteiger partial charge on any atom is 0.0653 e. The third-order valence-corrected chi connectivity index (χ3v) is 2.91. The summed E-state index contributed by atoms with van der Waals surface area (Å²) < 4.78 is 5.31. The minimum Gasteiger partial charge on any atom is -0.377 e. The van der Waals surface area contributed by atoms with Crippen LogP contribution in [0.4, 0.5) is 0 Å². The average molecular weight is 218 g/mol. The van der Waals surface area contributed by atoms with Crippen LogP contribution in [0.15, 0.2) is 24.3 Å². The van der Waals surface area contributed by atoms with Crippen LogP contribution in [0.3, 0.4) is 0 Å². The smallest absolute Gasteiger partial charge is 0.0653 e. The third-order valence-electron chi connectivity index (χ3n) is 2.91. The summed E-state index contributed by atoms with van der Waals surface area (Å²) in [6.07, 6.45) is 3.25. The lowest BCUT2D eigenvalue weighted by atomic mass is 9.94. The summed E-state index contributed by atoms with van der Waals surface area (Å²) in [4.78, 5) is 0. The molecular formula is C15H22O. The van der Waals surface area contributed by atoms with Crippen molar-refractivity contribution in [3.05, 3.63) is 41.0 Å². The van der Waals surface area contributed by atoms with E-state index >= 15 is 0 Å². The van der Waals surface area contributed by atoms with Gasteiger partial charge in [-0.3, -0.25) is 0 Å². The summed E-state index contributed by atoms with van der Waals surface area (Å²) in [7, 11) is 0. The largest absolute Gasteiger partial charge is 0.377 e. The van der Waals surface area contributed by atoms with Gasteiger partial charge in [-0.25, -0.2) is 0 Å². The van der Waals surface area contributed by atoms with E-state index in [2.05, 4.69) is 38.1 Å². The van der Waals surface area contributed by atoms with E-state index in [1.165, 1.54) is 22.3 Å². The Labute approximate surface area is 99.1 Å². The lowest BCUT2D eigenvalue weighted by Crippen LogP contribution is -2.04. The van der Waals surface area contributed by atoms with Crippen molar-refractivity contribution in [3.8, 4) is 0 Å². The Kier molecular flexibility index (Phi) is 5.27. The zero-order valence-corrected chi connectivity index (χ0v) is 10.8. The Balaban J connectivity index is 0.000000606. The van der Waals surface area contributed by atoms with Crippen LogP contribution in [0.1, 0.15) is 37.0 Å². The zero-order chi connectivity index (χ0) is 12.0. The van der Waals surface area contributed by atoms with Crippen molar-refractivity contribution in [1.82, 2.24) is 0 Å². The van der Waals surface area contributed by atoms with E-state index in [4.69, 9.17) is 4.74 Å². The lowest BCUT2D eigenvalue weighted by molar-refractivity contribution is 0.161. The van der Waals surface area contributed by atoms with Crippen LogP contribution in [0.25, 0.3) is 5.57 Å². The van der Waals surface area contributed by atoms with Gasteiger partial charge in [0.15, 0.2) is 0 Å². The molecule has 1 aromatic carbocycles. The number of hydrogen-bond acceptors (Lipinski definition) is 1. The highest BCUT2D eigenvalue weighted by Gasteiger charge is 2.09. The number of rotatable bonds is 1. The number of hydrogen-bond donors (Lipinski definition) is 0. The second-order valence-corrected chi connectivity index (χ2v) is 3.80. The normalized spacial score (nSPS) is 14.9. The van der Waals surface area contributed by atoms with E-state index in [1.807, 2.05) is 13.8 Å². The SMILES string of the molecule is CC.Cc1cccc(C2=CCOCC2)c1C. The molecule has 0 N–H and O–H groups in total. The van der Waals surface area contributed by atoms with Crippen molar-refractivity contribution in [2.24, 2.45) is 0 Å². The molecule has 0 aromatic heterocycles. The van der Waals surface area contributed by atoms with Gasteiger partial charge in [-0.1, -0.05) is 38.1 Å². The minimum atomic E-state index is 0.767. The summed E-state index contributed by atoms with van der Waals surface area (Å²) >= 11 is 0. The Morgan fingerprint density at radius 1 is 1.12 bits per heavy atom. The summed E-state index contributed by atoms with van der Waals surface area (Å²) in [6, 6.07) is 6.51. The van der Waals surface area contributed by atoms with Crippen LogP contribution < -0.4 is 0 Å². The minimum absolute atomic E-state index is 0.767. The van der Waals surface area contributed by atoms with Gasteiger partial charge in [0.1, 0.15) is 0 Å². The van der Waals surface area contributed by atoms with E-state index in [0.29, 0.717) is 0 Å². The quantitative estimate of drug-likeness (QED) is 0.688. The molecule has 0 radical (unpaired) electrons. The molecule has 0 fully saturated rings. The number of aryl methyl sites for hydroxylation is 1. The van der Waals surface area contributed by atoms with E-state index < -0.39 is 0 Å². The van der Waals surface area contributed by atoms with Gasteiger partial charge in [0.25, 0.3) is 0 Å². The molecule has 1 heteroatoms. The molecule has 1 aliphatic heterocycles. The highest BCUT2D eigenvalue weighted by atomic mass is 16.5. The second-order valence-electron chi connectivity index (χ2n) is 3.80. The molecule has 0 bridgehead atoms. The van der Waals surface area contributed by atoms with Crippen molar-refractivity contribution < 1.29 is 4.74 Å². The van der Waals surface area contributed by atoms with Crippen LogP contribution in [0.5, 0.6) is 0 Å². The Morgan fingerprint density at radius 3 is 2.50 bits per heavy atom. The summed E-state index contributed by atoms with van der Waals surface area (Å²) in [6.45, 7) is 9.99. The van der Waals surface area contributed by atoms with E-state index in [-0.39, 0.29) is 0 Å². The van der Waals surface area contributed by atoms with Gasteiger partial charge in [0.05, 0.1) is 13.2 Å². The molecule has 1 nitrogen and oxygen atoms in total. The Morgan fingerprint density at radius 2 is 1.88 bits per heavy atom. The summed E-state index contributed by atoms with van der Waals surface area (Å²) in [5.74, 6) is 0. The first kappa shape index (κ1) is 13.0. The molecule has 0 atom stereocenters. The van der Waals surface area contributed by atoms with Crippen molar-refractivity contribution in [3.63, 3.8) is 0 Å². The molecule has 0 spiro atoms. The average Bonchev–Trinajstić information content (AvgIpc) is 2.36. The highest BCUT2D eigenvalue weighted by molar-refractivity contribution is 5.69. The van der Waals surface area contributed by atoms with Gasteiger partial charge in [0, 0.05) is 0 Å². The molecule has 0 unspecified atom stereocenters. The van der Waals surface area contributed by atoms with Crippen molar-refractivity contribution in [2.75, 3.05) is 13.2 Å². The van der Waals surface area contributed by atoms with Crippen molar-refractivity contribution in [1.29, 1.82) is 0 Å². The summed E-state index contributed by atoms with van der Waals surface area (Å²) in [5, 5.41) is 0. The maximum absolute atomic E-state index is 5.31. The Hall–Kier alpha value is -1.08. The first-order valence-electron chi connectivity index (χ1n) is 6.12. The van der Waals surface area contributed by atoms with Gasteiger partial charge in [-0.15, -0.1) is 0 Å². The topological polar surface area (TPSA) is 9.23 Å².